The summed E-state index contributed by atoms with van der Waals surface area (Å²) < 4.78 is 13.0. The van der Waals surface area contributed by atoms with Crippen molar-refractivity contribution in [3.05, 3.63) is 83.2 Å². The van der Waals surface area contributed by atoms with Crippen molar-refractivity contribution in [3.63, 3.8) is 0 Å². The number of rotatable bonds is 4. The van der Waals surface area contributed by atoms with Crippen LogP contribution in [-0.4, -0.2) is 0 Å². The van der Waals surface area contributed by atoms with Gasteiger partial charge in [0.25, 0.3) is 0 Å². The molecule has 0 heterocycles. The fourth-order valence-corrected chi connectivity index (χ4v) is 5.57. The topological polar surface area (TPSA) is 0 Å². The van der Waals surface area contributed by atoms with Crippen molar-refractivity contribution in [1.82, 2.24) is 0 Å². The Bertz CT molecular complexity index is 894. The third-order valence-electron chi connectivity index (χ3n) is 7.28. The number of allylic oxidation sites excluding steroid dienone is 2. The first-order valence-electron chi connectivity index (χ1n) is 11.7. The molecule has 2 saturated carbocycles. The highest BCUT2D eigenvalue weighted by molar-refractivity contribution is 5.43. The van der Waals surface area contributed by atoms with E-state index in [1.165, 1.54) is 69.1 Å². The van der Waals surface area contributed by atoms with E-state index in [0.29, 0.717) is 5.92 Å². The van der Waals surface area contributed by atoms with Crippen LogP contribution in [0.1, 0.15) is 80.9 Å². The second-order valence-electron chi connectivity index (χ2n) is 9.23. The van der Waals surface area contributed by atoms with Crippen molar-refractivity contribution in [1.29, 1.82) is 0 Å². The molecular formula is C29H33F. The molecule has 0 aromatic heterocycles. The van der Waals surface area contributed by atoms with Gasteiger partial charge in [0.2, 0.25) is 0 Å². The molecule has 2 aliphatic carbocycles. The number of halogens is 1. The summed E-state index contributed by atoms with van der Waals surface area (Å²) in [6.07, 6.45) is 15.6. The summed E-state index contributed by atoms with van der Waals surface area (Å²) in [5, 5.41) is 0. The SMILES string of the molecule is C/C=C/CC[C@@H]1CC[C@@H]2CC(c3ccc(C#Cc4ccc(F)cc4)cc3)CCC2C1. The molecule has 0 N–H and O–H groups in total. The van der Waals surface area contributed by atoms with Crippen LogP contribution in [0.4, 0.5) is 4.39 Å². The minimum atomic E-state index is -0.221. The lowest BCUT2D eigenvalue weighted by Gasteiger charge is -2.42. The van der Waals surface area contributed by atoms with Gasteiger partial charge in [0, 0.05) is 11.1 Å². The third kappa shape index (κ3) is 5.42. The highest BCUT2D eigenvalue weighted by Gasteiger charge is 2.35. The molecule has 2 unspecified atom stereocenters. The molecule has 2 aliphatic rings. The third-order valence-corrected chi connectivity index (χ3v) is 7.28. The fraction of sp³-hybridized carbons (Fsp3) is 0.448. The van der Waals surface area contributed by atoms with Gasteiger partial charge >= 0.3 is 0 Å². The molecule has 4 atom stereocenters. The molecule has 0 saturated heterocycles. The average molecular weight is 401 g/mol. The fourth-order valence-electron chi connectivity index (χ4n) is 5.57. The quantitative estimate of drug-likeness (QED) is 0.362. The van der Waals surface area contributed by atoms with E-state index >= 15 is 0 Å². The largest absolute Gasteiger partial charge is 0.207 e. The maximum atomic E-state index is 13.0. The van der Waals surface area contributed by atoms with Gasteiger partial charge in [0.1, 0.15) is 5.82 Å². The minimum absolute atomic E-state index is 0.221. The molecule has 0 aliphatic heterocycles. The van der Waals surface area contributed by atoms with Crippen LogP contribution in [0.15, 0.2) is 60.7 Å². The number of hydrogen-bond donors (Lipinski definition) is 0. The molecule has 2 aromatic rings. The summed E-state index contributed by atoms with van der Waals surface area (Å²) in [6.45, 7) is 2.13. The van der Waals surface area contributed by atoms with Crippen LogP contribution < -0.4 is 0 Å². The van der Waals surface area contributed by atoms with Gasteiger partial charge in [-0.1, -0.05) is 42.5 Å². The predicted molar refractivity (Wildman–Crippen MR) is 124 cm³/mol. The molecule has 1 heteroatoms. The van der Waals surface area contributed by atoms with E-state index in [9.17, 15) is 4.39 Å². The van der Waals surface area contributed by atoms with Gasteiger partial charge in [0.15, 0.2) is 0 Å². The second-order valence-corrected chi connectivity index (χ2v) is 9.23. The lowest BCUT2D eigenvalue weighted by molar-refractivity contribution is 0.115. The van der Waals surface area contributed by atoms with Gasteiger partial charge in [-0.15, -0.1) is 0 Å². The van der Waals surface area contributed by atoms with E-state index in [0.717, 1.165) is 28.9 Å². The summed E-state index contributed by atoms with van der Waals surface area (Å²) in [5.41, 5.74) is 3.36. The van der Waals surface area contributed by atoms with Gasteiger partial charge in [-0.3, -0.25) is 0 Å². The van der Waals surface area contributed by atoms with E-state index in [4.69, 9.17) is 0 Å². The Morgan fingerprint density at radius 3 is 2.17 bits per heavy atom. The summed E-state index contributed by atoms with van der Waals surface area (Å²) >= 11 is 0. The molecule has 156 valence electrons. The molecule has 0 radical (unpaired) electrons. The van der Waals surface area contributed by atoms with Crippen molar-refractivity contribution < 1.29 is 4.39 Å². The molecular weight excluding hydrogens is 367 g/mol. The van der Waals surface area contributed by atoms with Gasteiger partial charge in [-0.05, 0) is 118 Å². The van der Waals surface area contributed by atoms with Gasteiger partial charge in [-0.2, -0.15) is 0 Å². The molecule has 0 nitrogen and oxygen atoms in total. The van der Waals surface area contributed by atoms with Gasteiger partial charge in [0.05, 0.1) is 0 Å². The first-order chi connectivity index (χ1) is 14.7. The van der Waals surface area contributed by atoms with E-state index in [-0.39, 0.29) is 5.82 Å². The Morgan fingerprint density at radius 2 is 1.47 bits per heavy atom. The number of hydrogen-bond acceptors (Lipinski definition) is 0. The first-order valence-corrected chi connectivity index (χ1v) is 11.7. The summed E-state index contributed by atoms with van der Waals surface area (Å²) in [5.74, 6) is 9.67. The lowest BCUT2D eigenvalue weighted by Crippen LogP contribution is -2.30. The predicted octanol–water partition coefficient (Wildman–Crippen LogP) is 7.88. The van der Waals surface area contributed by atoms with Gasteiger partial charge in [-0.25, -0.2) is 4.39 Å². The van der Waals surface area contributed by atoms with Crippen molar-refractivity contribution in [2.75, 3.05) is 0 Å². The molecule has 0 amide bonds. The zero-order chi connectivity index (χ0) is 20.8. The molecule has 0 bridgehead atoms. The van der Waals surface area contributed by atoms with E-state index in [1.807, 2.05) is 0 Å². The summed E-state index contributed by atoms with van der Waals surface area (Å²) in [4.78, 5) is 0. The monoisotopic (exact) mass is 400 g/mol. The maximum Gasteiger partial charge on any atom is 0.123 e. The Labute approximate surface area is 181 Å². The van der Waals surface area contributed by atoms with Gasteiger partial charge < -0.3 is 0 Å². The zero-order valence-corrected chi connectivity index (χ0v) is 18.1. The van der Waals surface area contributed by atoms with Crippen molar-refractivity contribution >= 4 is 0 Å². The Hall–Kier alpha value is -2.33. The average Bonchev–Trinajstić information content (AvgIpc) is 2.79. The van der Waals surface area contributed by atoms with Crippen LogP contribution in [-0.2, 0) is 0 Å². The zero-order valence-electron chi connectivity index (χ0n) is 18.1. The summed E-state index contributed by atoms with van der Waals surface area (Å²) in [6, 6.07) is 15.2. The van der Waals surface area contributed by atoms with Crippen LogP contribution in [0.3, 0.4) is 0 Å². The molecule has 2 fully saturated rings. The molecule has 2 aromatic carbocycles. The first kappa shape index (κ1) is 20.9. The standard InChI is InChI=1S/C29H33F/c1-2-3-4-5-24-10-15-28-21-27(17-16-26(28)20-24)25-13-8-22(9-14-25)6-7-23-11-18-29(30)19-12-23/h2-3,8-9,11-14,18-19,24,26-28H,4-5,10,15-17,20-21H2,1H3/b3-2+/t24-,26?,27?,28-/m1/s1. The molecule has 4 rings (SSSR count). The molecule has 0 spiro atoms. The Morgan fingerprint density at radius 1 is 0.833 bits per heavy atom. The van der Waals surface area contributed by atoms with Crippen LogP contribution in [0.25, 0.3) is 0 Å². The highest BCUT2D eigenvalue weighted by Crippen LogP contribution is 2.48. The van der Waals surface area contributed by atoms with Crippen molar-refractivity contribution in [2.45, 2.75) is 64.2 Å². The normalized spacial score (nSPS) is 26.1. The minimum Gasteiger partial charge on any atom is -0.207 e. The van der Waals surface area contributed by atoms with Crippen molar-refractivity contribution in [2.24, 2.45) is 17.8 Å². The van der Waals surface area contributed by atoms with Crippen LogP contribution >= 0.6 is 0 Å². The highest BCUT2D eigenvalue weighted by atomic mass is 19.1. The summed E-state index contributed by atoms with van der Waals surface area (Å²) in [7, 11) is 0. The van der Waals surface area contributed by atoms with E-state index in [2.05, 4.69) is 55.2 Å². The van der Waals surface area contributed by atoms with Crippen LogP contribution in [0, 0.1) is 35.4 Å². The number of benzene rings is 2. The number of fused-ring (bicyclic) bond motifs is 1. The van der Waals surface area contributed by atoms with Crippen LogP contribution in [0.2, 0.25) is 0 Å². The Kier molecular flexibility index (Phi) is 7.06. The Balaban J connectivity index is 1.32. The molecule has 30 heavy (non-hydrogen) atoms. The smallest absolute Gasteiger partial charge is 0.123 e. The van der Waals surface area contributed by atoms with E-state index < -0.39 is 0 Å². The van der Waals surface area contributed by atoms with Crippen molar-refractivity contribution in [3.8, 4) is 11.8 Å². The maximum absolute atomic E-state index is 13.0. The van der Waals surface area contributed by atoms with Crippen LogP contribution in [0.5, 0.6) is 0 Å². The lowest BCUT2D eigenvalue weighted by atomic mass is 9.63. The van der Waals surface area contributed by atoms with E-state index in [1.54, 1.807) is 12.1 Å². The second kappa shape index (κ2) is 10.1.